The van der Waals surface area contributed by atoms with Gasteiger partial charge in [-0.3, -0.25) is 14.5 Å². The Labute approximate surface area is 133 Å². The number of ether oxygens (including phenoxy) is 2. The number of nitrogens with one attached hydrogen (secondary N) is 1. The number of carboxylic acid groups (broad SMARTS) is 1. The van der Waals surface area contributed by atoms with E-state index < -0.39 is 30.0 Å². The van der Waals surface area contributed by atoms with Gasteiger partial charge in [-0.1, -0.05) is 6.07 Å². The van der Waals surface area contributed by atoms with Crippen LogP contribution in [0.4, 0.5) is 4.79 Å². The molecular formula is C15H18N2O6. The first kappa shape index (κ1) is 16.6. The minimum absolute atomic E-state index is 0.202. The molecule has 1 aromatic rings. The zero-order valence-corrected chi connectivity index (χ0v) is 13.1. The van der Waals surface area contributed by atoms with Crippen molar-refractivity contribution in [2.75, 3.05) is 20.8 Å². The third kappa shape index (κ3) is 3.20. The fourth-order valence-electron chi connectivity index (χ4n) is 2.54. The van der Waals surface area contributed by atoms with Gasteiger partial charge < -0.3 is 19.9 Å². The van der Waals surface area contributed by atoms with Gasteiger partial charge in [-0.05, 0) is 24.6 Å². The number of amides is 3. The van der Waals surface area contributed by atoms with E-state index in [1.54, 1.807) is 25.1 Å². The van der Waals surface area contributed by atoms with Crippen molar-refractivity contribution in [3.63, 3.8) is 0 Å². The molecule has 0 bridgehead atoms. The van der Waals surface area contributed by atoms with E-state index in [-0.39, 0.29) is 6.42 Å². The Balaban J connectivity index is 2.24. The Morgan fingerprint density at radius 2 is 1.91 bits per heavy atom. The second-order valence-corrected chi connectivity index (χ2v) is 5.41. The Morgan fingerprint density at radius 1 is 1.26 bits per heavy atom. The van der Waals surface area contributed by atoms with Gasteiger partial charge in [0.15, 0.2) is 11.5 Å². The van der Waals surface area contributed by atoms with E-state index in [9.17, 15) is 14.4 Å². The number of hydrogen-bond acceptors (Lipinski definition) is 5. The summed E-state index contributed by atoms with van der Waals surface area (Å²) in [4.78, 5) is 35.7. The molecule has 3 amide bonds. The number of aliphatic carboxylic acids is 1. The molecule has 0 spiro atoms. The lowest BCUT2D eigenvalue weighted by molar-refractivity contribution is -0.142. The van der Waals surface area contributed by atoms with Crippen LogP contribution < -0.4 is 14.8 Å². The summed E-state index contributed by atoms with van der Waals surface area (Å²) in [6.07, 6.45) is 0.202. The highest BCUT2D eigenvalue weighted by molar-refractivity contribution is 6.08. The first-order chi connectivity index (χ1) is 10.8. The summed E-state index contributed by atoms with van der Waals surface area (Å²) in [5, 5.41) is 11.3. The molecule has 2 N–H and O–H groups in total. The van der Waals surface area contributed by atoms with Crippen LogP contribution >= 0.6 is 0 Å². The second-order valence-electron chi connectivity index (χ2n) is 5.41. The Hall–Kier alpha value is -2.77. The van der Waals surface area contributed by atoms with Crippen LogP contribution in [0.25, 0.3) is 0 Å². The van der Waals surface area contributed by atoms with Crippen molar-refractivity contribution in [3.8, 4) is 11.5 Å². The fraction of sp³-hybridized carbons (Fsp3) is 0.400. The average molecular weight is 322 g/mol. The van der Waals surface area contributed by atoms with Crippen LogP contribution in [0.3, 0.4) is 0 Å². The van der Waals surface area contributed by atoms with Crippen molar-refractivity contribution in [2.45, 2.75) is 18.9 Å². The van der Waals surface area contributed by atoms with Gasteiger partial charge in [-0.25, -0.2) is 4.79 Å². The number of urea groups is 1. The largest absolute Gasteiger partial charge is 0.493 e. The van der Waals surface area contributed by atoms with Gasteiger partial charge in [0.1, 0.15) is 12.1 Å². The zero-order chi connectivity index (χ0) is 17.2. The number of imide groups is 1. The molecule has 1 aromatic carbocycles. The highest BCUT2D eigenvalue weighted by atomic mass is 16.5. The monoisotopic (exact) mass is 322 g/mol. The zero-order valence-electron chi connectivity index (χ0n) is 13.1. The minimum Gasteiger partial charge on any atom is -0.493 e. The lowest BCUT2D eigenvalue weighted by Crippen LogP contribution is -2.46. The number of nitrogens with zero attached hydrogens (tertiary/aromatic N) is 1. The Bertz CT molecular complexity index is 659. The van der Waals surface area contributed by atoms with Crippen LogP contribution in [0.15, 0.2) is 18.2 Å². The number of benzene rings is 1. The summed E-state index contributed by atoms with van der Waals surface area (Å²) < 4.78 is 10.4. The first-order valence-corrected chi connectivity index (χ1v) is 6.87. The maximum atomic E-state index is 12.4. The van der Waals surface area contributed by atoms with Crippen LogP contribution in [0.2, 0.25) is 0 Å². The van der Waals surface area contributed by atoms with Crippen molar-refractivity contribution >= 4 is 17.9 Å². The van der Waals surface area contributed by atoms with Gasteiger partial charge in [-0.2, -0.15) is 0 Å². The standard InChI is InChI=1S/C15H18N2O6/c1-15(13(20)17(8-12(18)19)14(21)16-15)7-9-4-5-10(22-2)11(6-9)23-3/h4-6H,7-8H2,1-3H3,(H,16,21)(H,18,19). The van der Waals surface area contributed by atoms with E-state index in [0.29, 0.717) is 16.4 Å². The minimum atomic E-state index is -1.25. The summed E-state index contributed by atoms with van der Waals surface area (Å²) in [6, 6.07) is 4.46. The van der Waals surface area contributed by atoms with Gasteiger partial charge in [0.2, 0.25) is 0 Å². The molecule has 1 aliphatic heterocycles. The molecule has 0 aromatic heterocycles. The van der Waals surface area contributed by atoms with Crippen LogP contribution in [-0.4, -0.2) is 54.2 Å². The molecule has 0 saturated carbocycles. The third-order valence-electron chi connectivity index (χ3n) is 3.64. The molecule has 1 aliphatic rings. The SMILES string of the molecule is COc1ccc(CC2(C)NC(=O)N(CC(=O)O)C2=O)cc1OC. The molecule has 8 heteroatoms. The highest BCUT2D eigenvalue weighted by Gasteiger charge is 2.48. The summed E-state index contributed by atoms with van der Waals surface area (Å²) in [5.41, 5.74) is -0.456. The maximum absolute atomic E-state index is 12.4. The molecule has 1 unspecified atom stereocenters. The van der Waals surface area contributed by atoms with Crippen molar-refractivity contribution < 1.29 is 29.0 Å². The lowest BCUT2D eigenvalue weighted by atomic mass is 9.92. The normalized spacial score (nSPS) is 20.4. The molecule has 124 valence electrons. The number of methoxy groups -OCH3 is 2. The molecule has 1 fully saturated rings. The Morgan fingerprint density at radius 3 is 2.48 bits per heavy atom. The predicted octanol–water partition coefficient (Wildman–Crippen LogP) is 0.641. The molecule has 1 saturated heterocycles. The molecule has 1 heterocycles. The molecule has 23 heavy (non-hydrogen) atoms. The highest BCUT2D eigenvalue weighted by Crippen LogP contribution is 2.30. The molecule has 0 aliphatic carbocycles. The van der Waals surface area contributed by atoms with Crippen LogP contribution in [0.1, 0.15) is 12.5 Å². The van der Waals surface area contributed by atoms with Crippen LogP contribution in [-0.2, 0) is 16.0 Å². The average Bonchev–Trinajstić information content (AvgIpc) is 2.70. The van der Waals surface area contributed by atoms with Crippen LogP contribution in [0, 0.1) is 0 Å². The molecule has 1 atom stereocenters. The number of carbonyl (C=O) groups excluding carboxylic acids is 2. The summed E-state index contributed by atoms with van der Waals surface area (Å²) in [6.45, 7) is 0.901. The van der Waals surface area contributed by atoms with Crippen molar-refractivity contribution in [2.24, 2.45) is 0 Å². The predicted molar refractivity (Wildman–Crippen MR) is 79.5 cm³/mol. The number of hydrogen-bond donors (Lipinski definition) is 2. The van der Waals surface area contributed by atoms with Crippen molar-refractivity contribution in [1.82, 2.24) is 10.2 Å². The van der Waals surface area contributed by atoms with Crippen LogP contribution in [0.5, 0.6) is 11.5 Å². The van der Waals surface area contributed by atoms with Crippen molar-refractivity contribution in [1.29, 1.82) is 0 Å². The first-order valence-electron chi connectivity index (χ1n) is 6.87. The second kappa shape index (κ2) is 6.15. The smallest absolute Gasteiger partial charge is 0.325 e. The Kier molecular flexibility index (Phi) is 4.44. The maximum Gasteiger partial charge on any atom is 0.325 e. The lowest BCUT2D eigenvalue weighted by Gasteiger charge is -2.22. The van der Waals surface area contributed by atoms with Gasteiger partial charge in [-0.15, -0.1) is 0 Å². The summed E-state index contributed by atoms with van der Waals surface area (Å²) in [7, 11) is 3.02. The van der Waals surface area contributed by atoms with E-state index in [4.69, 9.17) is 14.6 Å². The van der Waals surface area contributed by atoms with Gasteiger partial charge in [0, 0.05) is 6.42 Å². The van der Waals surface area contributed by atoms with Gasteiger partial charge >= 0.3 is 12.0 Å². The molecule has 8 nitrogen and oxygen atoms in total. The molecular weight excluding hydrogens is 304 g/mol. The third-order valence-corrected chi connectivity index (χ3v) is 3.64. The van der Waals surface area contributed by atoms with E-state index >= 15 is 0 Å². The summed E-state index contributed by atoms with van der Waals surface area (Å²) in [5.74, 6) is -0.757. The fourth-order valence-corrected chi connectivity index (χ4v) is 2.54. The van der Waals surface area contributed by atoms with E-state index in [1.165, 1.54) is 14.2 Å². The summed E-state index contributed by atoms with van der Waals surface area (Å²) >= 11 is 0. The number of carbonyl (C=O) groups is 3. The van der Waals surface area contributed by atoms with Gasteiger partial charge in [0.25, 0.3) is 5.91 Å². The van der Waals surface area contributed by atoms with E-state index in [0.717, 1.165) is 5.56 Å². The quantitative estimate of drug-likeness (QED) is 0.745. The van der Waals surface area contributed by atoms with Crippen molar-refractivity contribution in [3.05, 3.63) is 23.8 Å². The topological polar surface area (TPSA) is 105 Å². The molecule has 2 rings (SSSR count). The number of rotatable bonds is 6. The van der Waals surface area contributed by atoms with E-state index in [2.05, 4.69) is 5.32 Å². The molecule has 0 radical (unpaired) electrons. The van der Waals surface area contributed by atoms with Gasteiger partial charge in [0.05, 0.1) is 14.2 Å². The number of carboxylic acids is 1. The van der Waals surface area contributed by atoms with E-state index in [1.807, 2.05) is 0 Å².